The molecule has 1 aliphatic rings. The van der Waals surface area contributed by atoms with E-state index in [1.165, 1.54) is 7.05 Å². The Morgan fingerprint density at radius 3 is 2.36 bits per heavy atom. The monoisotopic (exact) mass is 198 g/mol. The van der Waals surface area contributed by atoms with E-state index in [0.717, 1.165) is 4.90 Å². The van der Waals surface area contributed by atoms with E-state index in [1.807, 2.05) is 13.8 Å². The minimum absolute atomic E-state index is 0.307. The molecule has 5 heteroatoms. The average Bonchev–Trinajstić information content (AvgIpc) is 2.14. The standard InChI is InChI=1S/C9H14N2O3/c1-5(2)4-10-7(12)6-8(13)11(3)9(6)14/h5-6H,4H2,1-3H3,(H,10,12). The summed E-state index contributed by atoms with van der Waals surface area (Å²) in [6.07, 6.45) is 0. The first-order valence-corrected chi connectivity index (χ1v) is 4.54. The summed E-state index contributed by atoms with van der Waals surface area (Å²) < 4.78 is 0. The number of rotatable bonds is 3. The summed E-state index contributed by atoms with van der Waals surface area (Å²) in [5.41, 5.74) is 0. The van der Waals surface area contributed by atoms with Crippen LogP contribution in [0.5, 0.6) is 0 Å². The lowest BCUT2D eigenvalue weighted by Gasteiger charge is -2.31. The first kappa shape index (κ1) is 10.7. The molecule has 0 unspecified atom stereocenters. The van der Waals surface area contributed by atoms with Gasteiger partial charge in [0, 0.05) is 13.6 Å². The fraction of sp³-hybridized carbons (Fsp3) is 0.667. The van der Waals surface area contributed by atoms with Crippen molar-refractivity contribution in [2.45, 2.75) is 13.8 Å². The van der Waals surface area contributed by atoms with E-state index < -0.39 is 23.6 Å². The molecule has 1 rings (SSSR count). The van der Waals surface area contributed by atoms with Gasteiger partial charge in [0.25, 0.3) is 11.8 Å². The van der Waals surface area contributed by atoms with Gasteiger partial charge in [-0.25, -0.2) is 0 Å². The van der Waals surface area contributed by atoms with Gasteiger partial charge in [-0.2, -0.15) is 0 Å². The van der Waals surface area contributed by atoms with Crippen molar-refractivity contribution >= 4 is 17.7 Å². The molecule has 0 radical (unpaired) electrons. The van der Waals surface area contributed by atoms with Gasteiger partial charge in [-0.1, -0.05) is 13.8 Å². The van der Waals surface area contributed by atoms with Crippen LogP contribution in [0.4, 0.5) is 0 Å². The highest BCUT2D eigenvalue weighted by Gasteiger charge is 2.48. The van der Waals surface area contributed by atoms with Gasteiger partial charge in [0.1, 0.15) is 0 Å². The predicted molar refractivity (Wildman–Crippen MR) is 49.1 cm³/mol. The lowest BCUT2D eigenvalue weighted by molar-refractivity contribution is -0.166. The molecule has 0 aliphatic carbocycles. The van der Waals surface area contributed by atoms with Gasteiger partial charge in [0.05, 0.1) is 0 Å². The van der Waals surface area contributed by atoms with Crippen LogP contribution in [0.2, 0.25) is 0 Å². The molecular formula is C9H14N2O3. The second-order valence-corrected chi connectivity index (χ2v) is 3.81. The maximum atomic E-state index is 11.3. The number of carbonyl (C=O) groups excluding carboxylic acids is 3. The Balaban J connectivity index is 2.47. The van der Waals surface area contributed by atoms with E-state index in [9.17, 15) is 14.4 Å². The molecule has 1 heterocycles. The fourth-order valence-electron chi connectivity index (χ4n) is 1.17. The first-order chi connectivity index (χ1) is 6.45. The van der Waals surface area contributed by atoms with Gasteiger partial charge in [-0.05, 0) is 5.92 Å². The molecule has 1 aliphatic heterocycles. The smallest absolute Gasteiger partial charge is 0.251 e. The van der Waals surface area contributed by atoms with E-state index >= 15 is 0 Å². The van der Waals surface area contributed by atoms with E-state index in [-0.39, 0.29) is 0 Å². The predicted octanol–water partition coefficient (Wildman–Crippen LogP) is -0.627. The summed E-state index contributed by atoms with van der Waals surface area (Å²) in [5, 5.41) is 2.56. The fourth-order valence-corrected chi connectivity index (χ4v) is 1.17. The molecule has 5 nitrogen and oxygen atoms in total. The molecule has 0 saturated carbocycles. The van der Waals surface area contributed by atoms with E-state index in [4.69, 9.17) is 0 Å². The highest BCUT2D eigenvalue weighted by molar-refractivity contribution is 6.29. The zero-order chi connectivity index (χ0) is 10.9. The van der Waals surface area contributed by atoms with Crippen molar-refractivity contribution in [3.63, 3.8) is 0 Å². The molecule has 0 aromatic carbocycles. The average molecular weight is 198 g/mol. The summed E-state index contributed by atoms with van der Waals surface area (Å²) in [4.78, 5) is 34.5. The maximum Gasteiger partial charge on any atom is 0.251 e. The van der Waals surface area contributed by atoms with Crippen molar-refractivity contribution in [3.8, 4) is 0 Å². The number of nitrogens with zero attached hydrogens (tertiary/aromatic N) is 1. The normalized spacial score (nSPS) is 17.3. The van der Waals surface area contributed by atoms with Crippen molar-refractivity contribution in [2.24, 2.45) is 11.8 Å². The number of hydrogen-bond donors (Lipinski definition) is 1. The van der Waals surface area contributed by atoms with Crippen LogP contribution in [0.1, 0.15) is 13.8 Å². The van der Waals surface area contributed by atoms with Crippen LogP contribution in [0, 0.1) is 11.8 Å². The van der Waals surface area contributed by atoms with Gasteiger partial charge in [-0.15, -0.1) is 0 Å². The Bertz CT molecular complexity index is 270. The Hall–Kier alpha value is -1.39. The summed E-state index contributed by atoms with van der Waals surface area (Å²) >= 11 is 0. The highest BCUT2D eigenvalue weighted by atomic mass is 16.2. The SMILES string of the molecule is CC(C)CNC(=O)C1C(=O)N(C)C1=O. The van der Waals surface area contributed by atoms with Crippen LogP contribution in [-0.2, 0) is 14.4 Å². The van der Waals surface area contributed by atoms with Gasteiger partial charge < -0.3 is 5.32 Å². The number of β-lactam (4-membered cyclic amide) rings is 2. The molecule has 1 fully saturated rings. The molecule has 0 spiro atoms. The highest BCUT2D eigenvalue weighted by Crippen LogP contribution is 2.17. The zero-order valence-corrected chi connectivity index (χ0v) is 8.53. The minimum atomic E-state index is -1.10. The van der Waals surface area contributed by atoms with Crippen LogP contribution in [0.15, 0.2) is 0 Å². The summed E-state index contributed by atoms with van der Waals surface area (Å²) in [5.74, 6) is -2.11. The minimum Gasteiger partial charge on any atom is -0.355 e. The van der Waals surface area contributed by atoms with Crippen LogP contribution < -0.4 is 5.32 Å². The maximum absolute atomic E-state index is 11.3. The molecular weight excluding hydrogens is 184 g/mol. The topological polar surface area (TPSA) is 66.5 Å². The number of likely N-dealkylation sites (tertiary alicyclic amines) is 1. The largest absolute Gasteiger partial charge is 0.355 e. The Labute approximate surface area is 82.4 Å². The third kappa shape index (κ3) is 1.76. The molecule has 0 aromatic rings. The molecule has 14 heavy (non-hydrogen) atoms. The molecule has 78 valence electrons. The van der Waals surface area contributed by atoms with Crippen LogP contribution in [0.25, 0.3) is 0 Å². The number of hydrogen-bond acceptors (Lipinski definition) is 3. The van der Waals surface area contributed by atoms with Gasteiger partial charge >= 0.3 is 0 Å². The molecule has 0 aromatic heterocycles. The molecule has 0 atom stereocenters. The quantitative estimate of drug-likeness (QED) is 0.485. The zero-order valence-electron chi connectivity index (χ0n) is 8.53. The summed E-state index contributed by atoms with van der Waals surface area (Å²) in [6.45, 7) is 4.37. The van der Waals surface area contributed by atoms with Crippen molar-refractivity contribution in [1.82, 2.24) is 10.2 Å². The number of carbonyl (C=O) groups is 3. The van der Waals surface area contributed by atoms with Crippen molar-refractivity contribution in [1.29, 1.82) is 0 Å². The van der Waals surface area contributed by atoms with Crippen molar-refractivity contribution in [2.75, 3.05) is 13.6 Å². The van der Waals surface area contributed by atoms with Crippen molar-refractivity contribution in [3.05, 3.63) is 0 Å². The van der Waals surface area contributed by atoms with E-state index in [1.54, 1.807) is 0 Å². The van der Waals surface area contributed by atoms with Gasteiger partial charge in [0.15, 0.2) is 5.92 Å². The van der Waals surface area contributed by atoms with Crippen LogP contribution in [0.3, 0.4) is 0 Å². The lowest BCUT2D eigenvalue weighted by atomic mass is 9.97. The van der Waals surface area contributed by atoms with Gasteiger partial charge in [-0.3, -0.25) is 19.3 Å². The first-order valence-electron chi connectivity index (χ1n) is 4.54. The molecule has 0 bridgehead atoms. The van der Waals surface area contributed by atoms with E-state index in [2.05, 4.69) is 5.32 Å². The lowest BCUT2D eigenvalue weighted by Crippen LogP contribution is -2.61. The van der Waals surface area contributed by atoms with Crippen LogP contribution in [-0.4, -0.2) is 36.2 Å². The molecule has 1 saturated heterocycles. The summed E-state index contributed by atoms with van der Waals surface area (Å²) in [6, 6.07) is 0. The summed E-state index contributed by atoms with van der Waals surface area (Å²) in [7, 11) is 1.37. The van der Waals surface area contributed by atoms with Gasteiger partial charge in [0.2, 0.25) is 5.91 Å². The number of amides is 3. The molecule has 3 amide bonds. The Kier molecular flexibility index (Phi) is 2.88. The third-order valence-corrected chi connectivity index (χ3v) is 2.10. The second-order valence-electron chi connectivity index (χ2n) is 3.81. The Morgan fingerprint density at radius 2 is 1.93 bits per heavy atom. The Morgan fingerprint density at radius 1 is 1.43 bits per heavy atom. The van der Waals surface area contributed by atoms with Crippen molar-refractivity contribution < 1.29 is 14.4 Å². The number of nitrogens with one attached hydrogen (secondary N) is 1. The number of imide groups is 1. The second kappa shape index (κ2) is 3.77. The van der Waals surface area contributed by atoms with E-state index in [0.29, 0.717) is 12.5 Å². The third-order valence-electron chi connectivity index (χ3n) is 2.10. The van der Waals surface area contributed by atoms with Crippen LogP contribution >= 0.6 is 0 Å². The molecule has 1 N–H and O–H groups in total.